The molecule has 0 radical (unpaired) electrons. The van der Waals surface area contributed by atoms with E-state index in [0.717, 1.165) is 36.7 Å². The van der Waals surface area contributed by atoms with Gasteiger partial charge >= 0.3 is 0 Å². The molecule has 0 aliphatic heterocycles. The SMILES string of the molecule is CCCc1cc(C(=O)NCC(C)CSC)cc(NCC)n1. The summed E-state index contributed by atoms with van der Waals surface area (Å²) in [6.07, 6.45) is 4.00. The van der Waals surface area contributed by atoms with Crippen molar-refractivity contribution >= 4 is 23.5 Å². The van der Waals surface area contributed by atoms with E-state index in [1.165, 1.54) is 0 Å². The lowest BCUT2D eigenvalue weighted by Crippen LogP contribution is -2.29. The van der Waals surface area contributed by atoms with Gasteiger partial charge < -0.3 is 10.6 Å². The summed E-state index contributed by atoms with van der Waals surface area (Å²) >= 11 is 1.80. The minimum atomic E-state index is -0.0122. The maximum absolute atomic E-state index is 12.3. The fraction of sp³-hybridized carbons (Fsp3) is 0.625. The van der Waals surface area contributed by atoms with Crippen LogP contribution >= 0.6 is 11.8 Å². The molecule has 118 valence electrons. The van der Waals surface area contributed by atoms with Crippen LogP contribution in [0.3, 0.4) is 0 Å². The van der Waals surface area contributed by atoms with Crippen molar-refractivity contribution in [3.63, 3.8) is 0 Å². The van der Waals surface area contributed by atoms with Crippen molar-refractivity contribution in [2.24, 2.45) is 5.92 Å². The molecule has 1 aromatic heterocycles. The van der Waals surface area contributed by atoms with E-state index in [2.05, 4.69) is 35.7 Å². The molecule has 1 aromatic rings. The van der Waals surface area contributed by atoms with Gasteiger partial charge in [-0.05, 0) is 43.4 Å². The van der Waals surface area contributed by atoms with Gasteiger partial charge in [0.25, 0.3) is 5.91 Å². The van der Waals surface area contributed by atoms with Crippen molar-refractivity contribution < 1.29 is 4.79 Å². The number of carbonyl (C=O) groups excluding carboxylic acids is 1. The lowest BCUT2D eigenvalue weighted by Gasteiger charge is -2.13. The van der Waals surface area contributed by atoms with Crippen molar-refractivity contribution in [2.45, 2.75) is 33.6 Å². The molecule has 0 bridgehead atoms. The molecule has 1 atom stereocenters. The van der Waals surface area contributed by atoms with Crippen LogP contribution in [0, 0.1) is 5.92 Å². The molecule has 0 saturated carbocycles. The molecule has 0 aromatic carbocycles. The number of pyridine rings is 1. The Morgan fingerprint density at radius 1 is 1.38 bits per heavy atom. The van der Waals surface area contributed by atoms with Gasteiger partial charge in [0.15, 0.2) is 0 Å². The predicted octanol–water partition coefficient (Wildman–Crippen LogP) is 3.19. The summed E-state index contributed by atoms with van der Waals surface area (Å²) in [5.41, 5.74) is 1.67. The Labute approximate surface area is 132 Å². The van der Waals surface area contributed by atoms with Gasteiger partial charge in [-0.1, -0.05) is 20.3 Å². The number of hydrogen-bond donors (Lipinski definition) is 2. The first-order valence-electron chi connectivity index (χ1n) is 7.62. The number of anilines is 1. The molecular weight excluding hydrogens is 282 g/mol. The maximum atomic E-state index is 12.3. The largest absolute Gasteiger partial charge is 0.370 e. The van der Waals surface area contributed by atoms with E-state index in [0.29, 0.717) is 18.0 Å². The zero-order valence-electron chi connectivity index (χ0n) is 13.5. The van der Waals surface area contributed by atoms with Crippen LogP contribution in [-0.4, -0.2) is 36.0 Å². The van der Waals surface area contributed by atoms with Crippen molar-refractivity contribution in [1.29, 1.82) is 0 Å². The minimum absolute atomic E-state index is 0.0122. The van der Waals surface area contributed by atoms with Crippen molar-refractivity contribution in [1.82, 2.24) is 10.3 Å². The van der Waals surface area contributed by atoms with Crippen LogP contribution in [0.25, 0.3) is 0 Å². The highest BCUT2D eigenvalue weighted by Gasteiger charge is 2.11. The Balaban J connectivity index is 2.76. The Bertz CT molecular complexity index is 427. The van der Waals surface area contributed by atoms with Crippen molar-refractivity contribution in [2.75, 3.05) is 30.4 Å². The Kier molecular flexibility index (Phi) is 8.20. The Morgan fingerprint density at radius 3 is 2.76 bits per heavy atom. The average molecular weight is 309 g/mol. The zero-order chi connectivity index (χ0) is 15.7. The molecule has 1 rings (SSSR count). The van der Waals surface area contributed by atoms with Crippen LogP contribution in [0.4, 0.5) is 5.82 Å². The monoisotopic (exact) mass is 309 g/mol. The molecule has 0 saturated heterocycles. The lowest BCUT2D eigenvalue weighted by atomic mass is 10.1. The van der Waals surface area contributed by atoms with Crippen LogP contribution in [0.2, 0.25) is 0 Å². The number of aryl methyl sites for hydroxylation is 1. The number of aromatic nitrogens is 1. The van der Waals surface area contributed by atoms with Gasteiger partial charge in [-0.2, -0.15) is 11.8 Å². The summed E-state index contributed by atoms with van der Waals surface area (Å²) in [4.78, 5) is 16.8. The summed E-state index contributed by atoms with van der Waals surface area (Å²) in [6.45, 7) is 7.80. The predicted molar refractivity (Wildman–Crippen MR) is 92.3 cm³/mol. The molecule has 2 N–H and O–H groups in total. The number of amides is 1. The van der Waals surface area contributed by atoms with Crippen LogP contribution in [0.5, 0.6) is 0 Å². The zero-order valence-corrected chi connectivity index (χ0v) is 14.3. The molecule has 0 aliphatic carbocycles. The third kappa shape index (κ3) is 6.38. The van der Waals surface area contributed by atoms with Gasteiger partial charge in [-0.3, -0.25) is 4.79 Å². The molecule has 5 heteroatoms. The van der Waals surface area contributed by atoms with Gasteiger partial charge in [0, 0.05) is 24.3 Å². The smallest absolute Gasteiger partial charge is 0.251 e. The third-order valence-corrected chi connectivity index (χ3v) is 3.97. The number of nitrogens with zero attached hydrogens (tertiary/aromatic N) is 1. The molecular formula is C16H27N3OS. The van der Waals surface area contributed by atoms with Crippen LogP contribution in [0.1, 0.15) is 43.2 Å². The quantitative estimate of drug-likeness (QED) is 0.735. The molecule has 1 unspecified atom stereocenters. The summed E-state index contributed by atoms with van der Waals surface area (Å²) in [5.74, 6) is 2.31. The third-order valence-electron chi connectivity index (χ3n) is 3.07. The van der Waals surface area contributed by atoms with E-state index >= 15 is 0 Å². The first kappa shape index (κ1) is 17.8. The number of hydrogen-bond acceptors (Lipinski definition) is 4. The van der Waals surface area contributed by atoms with E-state index in [1.807, 2.05) is 19.1 Å². The van der Waals surface area contributed by atoms with Crippen LogP contribution < -0.4 is 10.6 Å². The van der Waals surface area contributed by atoms with Crippen LogP contribution in [-0.2, 0) is 6.42 Å². The molecule has 21 heavy (non-hydrogen) atoms. The molecule has 1 amide bonds. The minimum Gasteiger partial charge on any atom is -0.370 e. The number of nitrogens with one attached hydrogen (secondary N) is 2. The summed E-state index contributed by atoms with van der Waals surface area (Å²) in [5, 5.41) is 6.21. The first-order chi connectivity index (χ1) is 10.1. The van der Waals surface area contributed by atoms with E-state index in [9.17, 15) is 4.79 Å². The molecule has 0 fully saturated rings. The van der Waals surface area contributed by atoms with E-state index in [4.69, 9.17) is 0 Å². The fourth-order valence-corrected chi connectivity index (χ4v) is 2.77. The summed E-state index contributed by atoms with van der Waals surface area (Å²) in [7, 11) is 0. The standard InChI is InChI=1S/C16H27N3OS/c1-5-7-14-8-13(9-15(19-14)17-6-2)16(20)18-10-12(3)11-21-4/h8-9,12H,5-7,10-11H2,1-4H3,(H,17,19)(H,18,20). The Hall–Kier alpha value is -1.23. The molecule has 0 spiro atoms. The number of carbonyl (C=O) groups is 1. The van der Waals surface area contributed by atoms with E-state index in [-0.39, 0.29) is 5.91 Å². The van der Waals surface area contributed by atoms with Crippen molar-refractivity contribution in [3.05, 3.63) is 23.4 Å². The highest BCUT2D eigenvalue weighted by Crippen LogP contribution is 2.12. The van der Waals surface area contributed by atoms with Gasteiger partial charge in [0.1, 0.15) is 5.82 Å². The second-order valence-electron chi connectivity index (χ2n) is 5.28. The fourth-order valence-electron chi connectivity index (χ4n) is 2.09. The van der Waals surface area contributed by atoms with Gasteiger partial charge in [-0.15, -0.1) is 0 Å². The van der Waals surface area contributed by atoms with Gasteiger partial charge in [0.2, 0.25) is 0 Å². The van der Waals surface area contributed by atoms with E-state index in [1.54, 1.807) is 11.8 Å². The lowest BCUT2D eigenvalue weighted by molar-refractivity contribution is 0.0949. The molecule has 1 heterocycles. The second kappa shape index (κ2) is 9.66. The molecule has 4 nitrogen and oxygen atoms in total. The number of rotatable bonds is 9. The normalized spacial score (nSPS) is 12.0. The summed E-state index contributed by atoms with van der Waals surface area (Å²) < 4.78 is 0. The summed E-state index contributed by atoms with van der Waals surface area (Å²) in [6, 6.07) is 3.73. The highest BCUT2D eigenvalue weighted by molar-refractivity contribution is 7.98. The van der Waals surface area contributed by atoms with Crippen LogP contribution in [0.15, 0.2) is 12.1 Å². The maximum Gasteiger partial charge on any atom is 0.251 e. The molecule has 0 aliphatic rings. The number of thioether (sulfide) groups is 1. The van der Waals surface area contributed by atoms with Gasteiger partial charge in [0.05, 0.1) is 0 Å². The average Bonchev–Trinajstić information content (AvgIpc) is 2.45. The van der Waals surface area contributed by atoms with E-state index < -0.39 is 0 Å². The first-order valence-corrected chi connectivity index (χ1v) is 9.02. The highest BCUT2D eigenvalue weighted by atomic mass is 32.2. The topological polar surface area (TPSA) is 54.0 Å². The van der Waals surface area contributed by atoms with Crippen molar-refractivity contribution in [3.8, 4) is 0 Å². The second-order valence-corrected chi connectivity index (χ2v) is 6.19. The Morgan fingerprint density at radius 2 is 2.14 bits per heavy atom. The van der Waals surface area contributed by atoms with Gasteiger partial charge in [-0.25, -0.2) is 4.98 Å².